The molecule has 144 valence electrons. The van der Waals surface area contributed by atoms with E-state index >= 15 is 0 Å². The molecule has 0 aromatic heterocycles. The Bertz CT molecular complexity index is 740. The molecule has 3 rings (SSSR count). The molecule has 1 aliphatic heterocycles. The molecule has 3 N–H and O–H groups in total. The number of carbonyl (C=O) groups excluding carboxylic acids is 2. The van der Waals surface area contributed by atoms with E-state index in [2.05, 4.69) is 5.32 Å². The van der Waals surface area contributed by atoms with Crippen molar-refractivity contribution < 1.29 is 9.59 Å². The third kappa shape index (κ3) is 5.31. The van der Waals surface area contributed by atoms with E-state index in [1.165, 1.54) is 0 Å². The molecule has 6 heteroatoms. The zero-order valence-electron chi connectivity index (χ0n) is 15.2. The van der Waals surface area contributed by atoms with E-state index in [0.717, 1.165) is 24.0 Å². The summed E-state index contributed by atoms with van der Waals surface area (Å²) in [6, 6.07) is 18.3. The van der Waals surface area contributed by atoms with Crippen LogP contribution in [0.3, 0.4) is 0 Å². The van der Waals surface area contributed by atoms with Gasteiger partial charge in [0, 0.05) is 25.6 Å². The number of nitrogens with one attached hydrogen (secondary N) is 1. The van der Waals surface area contributed by atoms with Crippen molar-refractivity contribution in [3.05, 3.63) is 71.8 Å². The third-order valence-corrected chi connectivity index (χ3v) is 4.76. The van der Waals surface area contributed by atoms with Gasteiger partial charge in [0.25, 0.3) is 0 Å². The number of hydrogen-bond donors (Lipinski definition) is 2. The number of amides is 2. The predicted molar refractivity (Wildman–Crippen MR) is 108 cm³/mol. The molecule has 0 spiro atoms. The van der Waals surface area contributed by atoms with Crippen molar-refractivity contribution in [2.24, 2.45) is 5.73 Å². The zero-order chi connectivity index (χ0) is 18.4. The fourth-order valence-electron chi connectivity index (χ4n) is 3.33. The smallest absolute Gasteiger partial charge is 0.247 e. The topological polar surface area (TPSA) is 75.4 Å². The van der Waals surface area contributed by atoms with E-state index in [9.17, 15) is 9.59 Å². The highest BCUT2D eigenvalue weighted by Crippen LogP contribution is 2.26. The average Bonchev–Trinajstić information content (AvgIpc) is 2.69. The molecule has 2 aromatic carbocycles. The molecule has 0 aliphatic carbocycles. The molecule has 1 fully saturated rings. The van der Waals surface area contributed by atoms with Crippen molar-refractivity contribution in [1.82, 2.24) is 10.2 Å². The monoisotopic (exact) mass is 387 g/mol. The van der Waals surface area contributed by atoms with Crippen LogP contribution in [0.25, 0.3) is 0 Å². The summed E-state index contributed by atoms with van der Waals surface area (Å²) in [6.45, 7) is 0.935. The molecule has 5 nitrogen and oxygen atoms in total. The van der Waals surface area contributed by atoms with Gasteiger partial charge in [0.05, 0.1) is 0 Å². The first kappa shape index (κ1) is 20.9. The molecule has 0 saturated carbocycles. The maximum atomic E-state index is 13.0. The van der Waals surface area contributed by atoms with Gasteiger partial charge >= 0.3 is 0 Å². The number of likely N-dealkylation sites (tertiary alicyclic amines) is 1. The Balaban J connectivity index is 0.00000261. The van der Waals surface area contributed by atoms with E-state index in [0.29, 0.717) is 19.5 Å². The quantitative estimate of drug-likeness (QED) is 0.800. The lowest BCUT2D eigenvalue weighted by atomic mass is 10.00. The highest BCUT2D eigenvalue weighted by Gasteiger charge is 2.32. The Kier molecular flexibility index (Phi) is 7.82. The van der Waals surface area contributed by atoms with Crippen LogP contribution in [0.5, 0.6) is 0 Å². The van der Waals surface area contributed by atoms with Crippen molar-refractivity contribution >= 4 is 24.2 Å². The lowest BCUT2D eigenvalue weighted by molar-refractivity contribution is -0.142. The number of halogens is 1. The minimum Gasteiger partial charge on any atom is -0.352 e. The minimum absolute atomic E-state index is 0. The number of rotatable bonds is 6. The van der Waals surface area contributed by atoms with Crippen LogP contribution in [-0.4, -0.2) is 29.8 Å². The van der Waals surface area contributed by atoms with Crippen molar-refractivity contribution in [1.29, 1.82) is 0 Å². The Morgan fingerprint density at radius 3 is 2.19 bits per heavy atom. The second-order valence-electron chi connectivity index (χ2n) is 6.62. The number of carbonyl (C=O) groups is 2. The van der Waals surface area contributed by atoms with E-state index in [1.807, 2.05) is 60.7 Å². The lowest BCUT2D eigenvalue weighted by Crippen LogP contribution is -2.46. The van der Waals surface area contributed by atoms with Crippen molar-refractivity contribution in [2.45, 2.75) is 31.3 Å². The second-order valence-corrected chi connectivity index (χ2v) is 6.62. The molecule has 1 saturated heterocycles. The number of benzene rings is 2. The van der Waals surface area contributed by atoms with Crippen LogP contribution in [0, 0.1) is 0 Å². The summed E-state index contributed by atoms with van der Waals surface area (Å²) in [5, 5.41) is 2.94. The molecule has 1 heterocycles. The molecule has 1 aliphatic rings. The largest absolute Gasteiger partial charge is 0.352 e. The highest BCUT2D eigenvalue weighted by molar-refractivity contribution is 5.89. The molecule has 0 bridgehead atoms. The lowest BCUT2D eigenvalue weighted by Gasteiger charge is -2.34. The van der Waals surface area contributed by atoms with Gasteiger partial charge in [0.1, 0.15) is 6.04 Å². The van der Waals surface area contributed by atoms with Crippen LogP contribution in [0.2, 0.25) is 0 Å². The molecule has 27 heavy (non-hydrogen) atoms. The molecule has 0 radical (unpaired) electrons. The normalized spacial score (nSPS) is 16.2. The fraction of sp³-hybridized carbons (Fsp3) is 0.333. The van der Waals surface area contributed by atoms with Crippen LogP contribution < -0.4 is 11.1 Å². The Labute approximate surface area is 166 Å². The second kappa shape index (κ2) is 10.1. The number of nitrogens with zero attached hydrogens (tertiary/aromatic N) is 1. The Morgan fingerprint density at radius 1 is 1.00 bits per heavy atom. The maximum Gasteiger partial charge on any atom is 0.247 e. The van der Waals surface area contributed by atoms with Gasteiger partial charge in [-0.15, -0.1) is 12.4 Å². The summed E-state index contributed by atoms with van der Waals surface area (Å²) in [5.41, 5.74) is 7.99. The van der Waals surface area contributed by atoms with Crippen LogP contribution in [0.1, 0.15) is 42.5 Å². The van der Waals surface area contributed by atoms with Gasteiger partial charge in [-0.1, -0.05) is 60.7 Å². The first-order valence-electron chi connectivity index (χ1n) is 9.09. The Hall–Kier alpha value is -2.37. The van der Waals surface area contributed by atoms with Gasteiger partial charge in [0.2, 0.25) is 11.8 Å². The van der Waals surface area contributed by atoms with E-state index < -0.39 is 6.04 Å². The fourth-order valence-corrected chi connectivity index (χ4v) is 3.33. The Morgan fingerprint density at radius 2 is 1.59 bits per heavy atom. The maximum absolute atomic E-state index is 13.0. The van der Waals surface area contributed by atoms with Crippen LogP contribution >= 0.6 is 12.4 Å². The number of nitrogens with two attached hydrogens (primary N) is 1. The summed E-state index contributed by atoms with van der Waals surface area (Å²) >= 11 is 0. The summed E-state index contributed by atoms with van der Waals surface area (Å²) in [4.78, 5) is 27.1. The van der Waals surface area contributed by atoms with Crippen LogP contribution in [0.4, 0.5) is 0 Å². The minimum atomic E-state index is -0.605. The highest BCUT2D eigenvalue weighted by atomic mass is 35.5. The first-order chi connectivity index (χ1) is 12.7. The molecule has 2 aromatic rings. The molecular formula is C21H26ClN3O2. The van der Waals surface area contributed by atoms with Gasteiger partial charge in [-0.3, -0.25) is 9.59 Å². The number of piperidine rings is 1. The molecule has 2 unspecified atom stereocenters. The molecule has 2 amide bonds. The summed E-state index contributed by atoms with van der Waals surface area (Å²) in [5.74, 6) is -0.148. The third-order valence-electron chi connectivity index (χ3n) is 4.76. The van der Waals surface area contributed by atoms with E-state index in [1.54, 1.807) is 4.90 Å². The standard InChI is InChI=1S/C21H25N3O2.ClH/c22-18(16-9-3-1-4-10-16)15-23-21(26)20(17-11-5-2-6-12-17)24-14-8-7-13-19(24)25;/h1-6,9-12,18,20H,7-8,13-15,22H2,(H,23,26);1H. The van der Waals surface area contributed by atoms with Crippen molar-refractivity contribution in [2.75, 3.05) is 13.1 Å². The summed E-state index contributed by atoms with van der Waals surface area (Å²) in [6.07, 6.45) is 2.31. The van der Waals surface area contributed by atoms with Crippen LogP contribution in [0.15, 0.2) is 60.7 Å². The first-order valence-corrected chi connectivity index (χ1v) is 9.09. The van der Waals surface area contributed by atoms with Gasteiger partial charge in [-0.2, -0.15) is 0 Å². The zero-order valence-corrected chi connectivity index (χ0v) is 16.0. The van der Waals surface area contributed by atoms with Gasteiger partial charge in [0.15, 0.2) is 0 Å². The summed E-state index contributed by atoms with van der Waals surface area (Å²) < 4.78 is 0. The van der Waals surface area contributed by atoms with Gasteiger partial charge < -0.3 is 16.0 Å². The van der Waals surface area contributed by atoms with Crippen LogP contribution in [-0.2, 0) is 9.59 Å². The van der Waals surface area contributed by atoms with Crippen molar-refractivity contribution in [3.63, 3.8) is 0 Å². The van der Waals surface area contributed by atoms with Crippen molar-refractivity contribution in [3.8, 4) is 0 Å². The van der Waals surface area contributed by atoms with E-state index in [4.69, 9.17) is 5.73 Å². The average molecular weight is 388 g/mol. The SMILES string of the molecule is Cl.NC(CNC(=O)C(c1ccccc1)N1CCCCC1=O)c1ccccc1. The van der Waals surface area contributed by atoms with Gasteiger partial charge in [-0.05, 0) is 24.0 Å². The van der Waals surface area contributed by atoms with E-state index in [-0.39, 0.29) is 30.3 Å². The molecular weight excluding hydrogens is 362 g/mol. The summed E-state index contributed by atoms with van der Waals surface area (Å²) in [7, 11) is 0. The number of hydrogen-bond acceptors (Lipinski definition) is 3. The van der Waals surface area contributed by atoms with Gasteiger partial charge in [-0.25, -0.2) is 0 Å². The predicted octanol–water partition coefficient (Wildman–Crippen LogP) is 2.98. The molecule has 2 atom stereocenters.